The van der Waals surface area contributed by atoms with Crippen molar-refractivity contribution >= 4 is 11.0 Å². The molecule has 0 radical (unpaired) electrons. The molecule has 1 aromatic heterocycles. The Bertz CT molecular complexity index is 681. The fourth-order valence-corrected chi connectivity index (χ4v) is 3.06. The lowest BCUT2D eigenvalue weighted by atomic mass is 10.0. The highest BCUT2D eigenvalue weighted by molar-refractivity contribution is 5.78. The van der Waals surface area contributed by atoms with Crippen LogP contribution < -0.4 is 0 Å². The lowest BCUT2D eigenvalue weighted by Crippen LogP contribution is -2.16. The van der Waals surface area contributed by atoms with E-state index in [1.54, 1.807) is 0 Å². The molecule has 0 aliphatic carbocycles. The van der Waals surface area contributed by atoms with E-state index in [4.69, 9.17) is 15.0 Å². The van der Waals surface area contributed by atoms with Crippen molar-refractivity contribution in [2.24, 2.45) is 0 Å². The highest BCUT2D eigenvalue weighted by Crippen LogP contribution is 2.34. The Hall–Kier alpha value is -1.86. The fourth-order valence-electron chi connectivity index (χ4n) is 3.06. The van der Waals surface area contributed by atoms with E-state index >= 15 is 0 Å². The molecule has 4 nitrogen and oxygen atoms in total. The van der Waals surface area contributed by atoms with Gasteiger partial charge >= 0.3 is 0 Å². The summed E-state index contributed by atoms with van der Waals surface area (Å²) >= 11 is 0. The fraction of sp³-hybridized carbons (Fsp3) is 0.500. The van der Waals surface area contributed by atoms with Gasteiger partial charge in [0.2, 0.25) is 0 Å². The van der Waals surface area contributed by atoms with Gasteiger partial charge in [-0.25, -0.2) is 4.98 Å². The third kappa shape index (κ3) is 1.99. The van der Waals surface area contributed by atoms with Gasteiger partial charge in [-0.1, -0.05) is 0 Å². The topological polar surface area (TPSA) is 50.8 Å². The first-order valence-corrected chi connectivity index (χ1v) is 7.15. The number of fused-ring (bicyclic) bond motifs is 1. The van der Waals surface area contributed by atoms with E-state index in [-0.39, 0.29) is 6.10 Å². The van der Waals surface area contributed by atoms with Crippen LogP contribution in [0.4, 0.5) is 0 Å². The van der Waals surface area contributed by atoms with E-state index in [9.17, 15) is 0 Å². The SMILES string of the molecule is CC1OCCC1c1nc2cc(C#N)ccc2n1C(C)C. The smallest absolute Gasteiger partial charge is 0.115 e. The maximum Gasteiger partial charge on any atom is 0.115 e. The van der Waals surface area contributed by atoms with Gasteiger partial charge in [0.15, 0.2) is 0 Å². The van der Waals surface area contributed by atoms with Gasteiger partial charge in [0.05, 0.1) is 28.8 Å². The second-order valence-corrected chi connectivity index (χ2v) is 5.72. The van der Waals surface area contributed by atoms with Crippen molar-refractivity contribution in [3.8, 4) is 6.07 Å². The molecule has 2 unspecified atom stereocenters. The number of hydrogen-bond donors (Lipinski definition) is 0. The number of nitrogens with zero attached hydrogens (tertiary/aromatic N) is 3. The summed E-state index contributed by atoms with van der Waals surface area (Å²) in [7, 11) is 0. The summed E-state index contributed by atoms with van der Waals surface area (Å²) in [6, 6.07) is 8.27. The Kier molecular flexibility index (Phi) is 3.23. The summed E-state index contributed by atoms with van der Waals surface area (Å²) in [5, 5.41) is 9.03. The molecule has 1 aliphatic heterocycles. The summed E-state index contributed by atoms with van der Waals surface area (Å²) in [6.07, 6.45) is 1.22. The highest BCUT2D eigenvalue weighted by atomic mass is 16.5. The van der Waals surface area contributed by atoms with Gasteiger partial charge in [-0.15, -0.1) is 0 Å². The van der Waals surface area contributed by atoms with Crippen LogP contribution >= 0.6 is 0 Å². The van der Waals surface area contributed by atoms with Gasteiger partial charge in [-0.2, -0.15) is 5.26 Å². The second-order valence-electron chi connectivity index (χ2n) is 5.72. The molecule has 1 aliphatic rings. The number of rotatable bonds is 2. The van der Waals surface area contributed by atoms with Crippen molar-refractivity contribution in [2.75, 3.05) is 6.61 Å². The summed E-state index contributed by atoms with van der Waals surface area (Å²) in [5.74, 6) is 1.44. The van der Waals surface area contributed by atoms with Gasteiger partial charge in [-0.05, 0) is 45.4 Å². The summed E-state index contributed by atoms with van der Waals surface area (Å²) in [5.41, 5.74) is 2.67. The van der Waals surface area contributed by atoms with Crippen molar-refractivity contribution in [1.82, 2.24) is 9.55 Å². The van der Waals surface area contributed by atoms with Gasteiger partial charge in [-0.3, -0.25) is 0 Å². The van der Waals surface area contributed by atoms with Crippen LogP contribution in [-0.4, -0.2) is 22.3 Å². The van der Waals surface area contributed by atoms with Crippen molar-refractivity contribution in [3.05, 3.63) is 29.6 Å². The van der Waals surface area contributed by atoms with E-state index in [1.807, 2.05) is 18.2 Å². The standard InChI is InChI=1S/C16H19N3O/c1-10(2)19-15-5-4-12(9-17)8-14(15)18-16(19)13-6-7-20-11(13)3/h4-5,8,10-11,13H,6-7H2,1-3H3. The Morgan fingerprint density at radius 1 is 1.45 bits per heavy atom. The van der Waals surface area contributed by atoms with Gasteiger partial charge in [0.25, 0.3) is 0 Å². The molecule has 2 atom stereocenters. The largest absolute Gasteiger partial charge is 0.378 e. The van der Waals surface area contributed by atoms with E-state index in [1.165, 1.54) is 0 Å². The third-order valence-corrected chi connectivity index (χ3v) is 4.07. The van der Waals surface area contributed by atoms with Crippen LogP contribution in [0.2, 0.25) is 0 Å². The van der Waals surface area contributed by atoms with Crippen LogP contribution in [-0.2, 0) is 4.74 Å². The predicted molar refractivity (Wildman–Crippen MR) is 77.6 cm³/mol. The molecule has 4 heteroatoms. The summed E-state index contributed by atoms with van der Waals surface area (Å²) in [6.45, 7) is 7.26. The average Bonchev–Trinajstić information content (AvgIpc) is 3.00. The Morgan fingerprint density at radius 3 is 2.85 bits per heavy atom. The van der Waals surface area contributed by atoms with Gasteiger partial charge in [0, 0.05) is 18.6 Å². The maximum absolute atomic E-state index is 9.03. The molecule has 1 saturated heterocycles. The normalized spacial score (nSPS) is 22.6. The molecular formula is C16H19N3O. The first kappa shape index (κ1) is 13.1. The average molecular weight is 269 g/mol. The highest BCUT2D eigenvalue weighted by Gasteiger charge is 2.31. The van der Waals surface area contributed by atoms with Crippen molar-refractivity contribution < 1.29 is 4.74 Å². The molecule has 2 aromatic rings. The van der Waals surface area contributed by atoms with Crippen molar-refractivity contribution in [3.63, 3.8) is 0 Å². The molecule has 1 aromatic carbocycles. The molecule has 20 heavy (non-hydrogen) atoms. The van der Waals surface area contributed by atoms with Crippen LogP contribution in [0.25, 0.3) is 11.0 Å². The number of ether oxygens (including phenoxy) is 1. The molecule has 104 valence electrons. The Morgan fingerprint density at radius 2 is 2.25 bits per heavy atom. The zero-order chi connectivity index (χ0) is 14.3. The van der Waals surface area contributed by atoms with E-state index < -0.39 is 0 Å². The lowest BCUT2D eigenvalue weighted by molar-refractivity contribution is 0.116. The molecule has 0 amide bonds. The maximum atomic E-state index is 9.03. The quantitative estimate of drug-likeness (QED) is 0.839. The second kappa shape index (κ2) is 4.92. The monoisotopic (exact) mass is 269 g/mol. The first-order valence-electron chi connectivity index (χ1n) is 7.15. The van der Waals surface area contributed by atoms with Crippen LogP contribution in [0.5, 0.6) is 0 Å². The van der Waals surface area contributed by atoms with Crippen molar-refractivity contribution in [2.45, 2.75) is 45.3 Å². The summed E-state index contributed by atoms with van der Waals surface area (Å²) < 4.78 is 7.97. The minimum absolute atomic E-state index is 0.208. The van der Waals surface area contributed by atoms with Gasteiger partial charge in [0.1, 0.15) is 5.82 Å². The van der Waals surface area contributed by atoms with Crippen molar-refractivity contribution in [1.29, 1.82) is 5.26 Å². The predicted octanol–water partition coefficient (Wildman–Crippen LogP) is 3.38. The van der Waals surface area contributed by atoms with E-state index in [2.05, 4.69) is 31.4 Å². The summed E-state index contributed by atoms with van der Waals surface area (Å²) in [4.78, 5) is 4.81. The van der Waals surface area contributed by atoms with Crippen LogP contribution in [0, 0.1) is 11.3 Å². The van der Waals surface area contributed by atoms with E-state index in [0.29, 0.717) is 17.5 Å². The molecular weight excluding hydrogens is 250 g/mol. The molecule has 2 heterocycles. The molecule has 0 bridgehead atoms. The number of aromatic nitrogens is 2. The van der Waals surface area contributed by atoms with E-state index in [0.717, 1.165) is 29.9 Å². The first-order chi connectivity index (χ1) is 9.61. The third-order valence-electron chi connectivity index (χ3n) is 4.07. The lowest BCUT2D eigenvalue weighted by Gasteiger charge is -2.19. The number of imidazole rings is 1. The van der Waals surface area contributed by atoms with Gasteiger partial charge < -0.3 is 9.30 Å². The Balaban J connectivity index is 2.20. The van der Waals surface area contributed by atoms with Crippen LogP contribution in [0.15, 0.2) is 18.2 Å². The number of nitriles is 1. The minimum atomic E-state index is 0.208. The molecule has 0 N–H and O–H groups in total. The zero-order valence-corrected chi connectivity index (χ0v) is 12.1. The number of benzene rings is 1. The Labute approximate surface area is 119 Å². The minimum Gasteiger partial charge on any atom is -0.378 e. The zero-order valence-electron chi connectivity index (χ0n) is 12.1. The molecule has 3 rings (SSSR count). The number of hydrogen-bond acceptors (Lipinski definition) is 3. The molecule has 0 spiro atoms. The van der Waals surface area contributed by atoms with Crippen LogP contribution in [0.3, 0.4) is 0 Å². The molecule has 0 saturated carbocycles. The molecule has 1 fully saturated rings. The van der Waals surface area contributed by atoms with Crippen LogP contribution in [0.1, 0.15) is 50.5 Å².